The Hall–Kier alpha value is -1.61. The minimum absolute atomic E-state index is 0.503. The Kier molecular flexibility index (Phi) is 2.48. The fourth-order valence-electron chi connectivity index (χ4n) is 2.70. The van der Waals surface area contributed by atoms with Gasteiger partial charge in [-0.3, -0.25) is 0 Å². The zero-order valence-corrected chi connectivity index (χ0v) is 10.1. The quantitative estimate of drug-likeness (QED) is 0.854. The van der Waals surface area contributed by atoms with Gasteiger partial charge >= 0.3 is 0 Å². The van der Waals surface area contributed by atoms with Crippen molar-refractivity contribution in [3.63, 3.8) is 0 Å². The van der Waals surface area contributed by atoms with Crippen molar-refractivity contribution in [3.05, 3.63) is 47.3 Å². The lowest BCUT2D eigenvalue weighted by Gasteiger charge is -2.08. The first-order chi connectivity index (χ1) is 8.31. The van der Waals surface area contributed by atoms with Gasteiger partial charge in [-0.25, -0.2) is 4.68 Å². The Morgan fingerprint density at radius 3 is 3.00 bits per heavy atom. The van der Waals surface area contributed by atoms with E-state index in [1.807, 2.05) is 6.20 Å². The highest BCUT2D eigenvalue weighted by molar-refractivity contribution is 5.43. The third-order valence-corrected chi connectivity index (χ3v) is 3.70. The Morgan fingerprint density at radius 2 is 2.24 bits per heavy atom. The van der Waals surface area contributed by atoms with Gasteiger partial charge in [0.1, 0.15) is 0 Å². The molecule has 2 N–H and O–H groups in total. The SMILES string of the molecule is Cc1ccccc1-n1ncc2c1CCC2CN. The first kappa shape index (κ1) is 10.5. The topological polar surface area (TPSA) is 43.8 Å². The summed E-state index contributed by atoms with van der Waals surface area (Å²) >= 11 is 0. The van der Waals surface area contributed by atoms with Crippen LogP contribution in [-0.2, 0) is 6.42 Å². The summed E-state index contributed by atoms with van der Waals surface area (Å²) in [4.78, 5) is 0. The standard InChI is InChI=1S/C14H17N3/c1-10-4-2-3-5-13(10)17-14-7-6-11(8-15)12(14)9-16-17/h2-5,9,11H,6-8,15H2,1H3. The Labute approximate surface area is 101 Å². The molecule has 88 valence electrons. The molecule has 0 saturated heterocycles. The van der Waals surface area contributed by atoms with E-state index in [-0.39, 0.29) is 0 Å². The number of aromatic nitrogens is 2. The number of rotatable bonds is 2. The molecule has 1 unspecified atom stereocenters. The van der Waals surface area contributed by atoms with Crippen LogP contribution in [0.15, 0.2) is 30.5 Å². The first-order valence-electron chi connectivity index (χ1n) is 6.14. The van der Waals surface area contributed by atoms with Gasteiger partial charge in [0.05, 0.1) is 11.9 Å². The van der Waals surface area contributed by atoms with E-state index in [1.165, 1.54) is 22.5 Å². The average molecular weight is 227 g/mol. The van der Waals surface area contributed by atoms with Crippen LogP contribution >= 0.6 is 0 Å². The summed E-state index contributed by atoms with van der Waals surface area (Å²) in [5, 5.41) is 4.53. The molecule has 2 aromatic rings. The van der Waals surface area contributed by atoms with Gasteiger partial charge in [-0.15, -0.1) is 0 Å². The lowest BCUT2D eigenvalue weighted by molar-refractivity contribution is 0.673. The molecule has 17 heavy (non-hydrogen) atoms. The van der Waals surface area contributed by atoms with E-state index in [1.54, 1.807) is 0 Å². The summed E-state index contributed by atoms with van der Waals surface area (Å²) in [6.07, 6.45) is 4.24. The fraction of sp³-hybridized carbons (Fsp3) is 0.357. The lowest BCUT2D eigenvalue weighted by atomic mass is 10.1. The summed E-state index contributed by atoms with van der Waals surface area (Å²) in [5.74, 6) is 0.503. The number of nitrogens with two attached hydrogens (primary N) is 1. The van der Waals surface area contributed by atoms with Crippen molar-refractivity contribution in [3.8, 4) is 5.69 Å². The Balaban J connectivity index is 2.10. The third-order valence-electron chi connectivity index (χ3n) is 3.70. The van der Waals surface area contributed by atoms with Gasteiger partial charge < -0.3 is 5.73 Å². The van der Waals surface area contributed by atoms with Crippen molar-refractivity contribution >= 4 is 0 Å². The maximum Gasteiger partial charge on any atom is 0.0678 e. The second kappa shape index (κ2) is 4.00. The predicted octanol–water partition coefficient (Wildman–Crippen LogP) is 2.17. The van der Waals surface area contributed by atoms with Crippen LogP contribution in [0.2, 0.25) is 0 Å². The molecule has 1 heterocycles. The second-order valence-electron chi connectivity index (χ2n) is 4.72. The fourth-order valence-corrected chi connectivity index (χ4v) is 2.70. The maximum absolute atomic E-state index is 5.79. The van der Waals surface area contributed by atoms with Crippen LogP contribution in [0.3, 0.4) is 0 Å². The number of para-hydroxylation sites is 1. The van der Waals surface area contributed by atoms with Crippen molar-refractivity contribution in [1.29, 1.82) is 0 Å². The average Bonchev–Trinajstić information content (AvgIpc) is 2.90. The Morgan fingerprint density at radius 1 is 1.41 bits per heavy atom. The molecule has 0 amide bonds. The maximum atomic E-state index is 5.79. The van der Waals surface area contributed by atoms with E-state index in [9.17, 15) is 0 Å². The molecular formula is C14H17N3. The van der Waals surface area contributed by atoms with Crippen LogP contribution in [0.1, 0.15) is 29.2 Å². The lowest BCUT2D eigenvalue weighted by Crippen LogP contribution is -2.08. The molecule has 3 rings (SSSR count). The van der Waals surface area contributed by atoms with E-state index >= 15 is 0 Å². The number of hydrogen-bond acceptors (Lipinski definition) is 2. The molecule has 0 aliphatic heterocycles. The molecule has 0 radical (unpaired) electrons. The summed E-state index contributed by atoms with van der Waals surface area (Å²) in [5.41, 5.74) is 10.9. The summed E-state index contributed by atoms with van der Waals surface area (Å²) < 4.78 is 2.08. The highest BCUT2D eigenvalue weighted by atomic mass is 15.3. The van der Waals surface area contributed by atoms with Crippen LogP contribution in [0.5, 0.6) is 0 Å². The minimum atomic E-state index is 0.503. The number of fused-ring (bicyclic) bond motifs is 1. The molecule has 0 fully saturated rings. The van der Waals surface area contributed by atoms with Gasteiger partial charge in [-0.2, -0.15) is 5.10 Å². The van der Waals surface area contributed by atoms with Crippen LogP contribution in [-0.4, -0.2) is 16.3 Å². The molecule has 1 aliphatic carbocycles. The van der Waals surface area contributed by atoms with E-state index in [4.69, 9.17) is 5.73 Å². The molecule has 3 heteroatoms. The molecule has 1 atom stereocenters. The predicted molar refractivity (Wildman–Crippen MR) is 68.4 cm³/mol. The van der Waals surface area contributed by atoms with E-state index in [0.29, 0.717) is 5.92 Å². The van der Waals surface area contributed by atoms with Gasteiger partial charge in [0, 0.05) is 5.69 Å². The zero-order valence-electron chi connectivity index (χ0n) is 10.1. The van der Waals surface area contributed by atoms with Crippen LogP contribution < -0.4 is 5.73 Å². The molecule has 0 spiro atoms. The summed E-state index contributed by atoms with van der Waals surface area (Å²) in [6, 6.07) is 8.37. The van der Waals surface area contributed by atoms with Crippen molar-refractivity contribution in [2.45, 2.75) is 25.7 Å². The molecule has 1 aliphatic rings. The Bertz CT molecular complexity index is 542. The second-order valence-corrected chi connectivity index (χ2v) is 4.72. The third kappa shape index (κ3) is 1.58. The molecule has 3 nitrogen and oxygen atoms in total. The largest absolute Gasteiger partial charge is 0.330 e. The van der Waals surface area contributed by atoms with Gasteiger partial charge in [0.2, 0.25) is 0 Å². The van der Waals surface area contributed by atoms with Crippen LogP contribution in [0.25, 0.3) is 5.69 Å². The summed E-state index contributed by atoms with van der Waals surface area (Å²) in [7, 11) is 0. The summed E-state index contributed by atoms with van der Waals surface area (Å²) in [6.45, 7) is 2.85. The van der Waals surface area contributed by atoms with Gasteiger partial charge in [-0.05, 0) is 49.4 Å². The van der Waals surface area contributed by atoms with Gasteiger partial charge in [0.25, 0.3) is 0 Å². The van der Waals surface area contributed by atoms with E-state index in [0.717, 1.165) is 19.4 Å². The van der Waals surface area contributed by atoms with Gasteiger partial charge in [-0.1, -0.05) is 18.2 Å². The van der Waals surface area contributed by atoms with Crippen molar-refractivity contribution in [1.82, 2.24) is 9.78 Å². The molecule has 1 aromatic heterocycles. The van der Waals surface area contributed by atoms with Crippen LogP contribution in [0, 0.1) is 6.92 Å². The highest BCUT2D eigenvalue weighted by Crippen LogP contribution is 2.33. The molecule has 0 bridgehead atoms. The van der Waals surface area contributed by atoms with Crippen LogP contribution in [0.4, 0.5) is 0 Å². The highest BCUT2D eigenvalue weighted by Gasteiger charge is 2.26. The number of hydrogen-bond donors (Lipinski definition) is 1. The number of aryl methyl sites for hydroxylation is 1. The van der Waals surface area contributed by atoms with Crippen molar-refractivity contribution in [2.75, 3.05) is 6.54 Å². The van der Waals surface area contributed by atoms with Crippen molar-refractivity contribution < 1.29 is 0 Å². The normalized spacial score (nSPS) is 18.4. The van der Waals surface area contributed by atoms with E-state index < -0.39 is 0 Å². The van der Waals surface area contributed by atoms with Gasteiger partial charge in [0.15, 0.2) is 0 Å². The smallest absolute Gasteiger partial charge is 0.0678 e. The molecule has 0 saturated carbocycles. The minimum Gasteiger partial charge on any atom is -0.330 e. The number of nitrogens with zero attached hydrogens (tertiary/aromatic N) is 2. The first-order valence-corrected chi connectivity index (χ1v) is 6.14. The van der Waals surface area contributed by atoms with Crippen molar-refractivity contribution in [2.24, 2.45) is 5.73 Å². The monoisotopic (exact) mass is 227 g/mol. The molecule has 1 aromatic carbocycles. The molecular weight excluding hydrogens is 210 g/mol. The zero-order chi connectivity index (χ0) is 11.8. The van der Waals surface area contributed by atoms with E-state index in [2.05, 4.69) is 41.0 Å². The number of benzene rings is 1.